The van der Waals surface area contributed by atoms with E-state index in [-0.39, 0.29) is 12.1 Å². The Morgan fingerprint density at radius 2 is 2.67 bits per heavy atom. The topological polar surface area (TPSA) is 29.3 Å². The Morgan fingerprint density at radius 3 is 3.00 bits per heavy atom. The lowest BCUT2D eigenvalue weighted by Crippen LogP contribution is -2.11. The molecule has 0 aromatic carbocycles. The third kappa shape index (κ3) is 1.04. The minimum absolute atomic E-state index is 0.220. The Morgan fingerprint density at radius 1 is 2.00 bits per heavy atom. The van der Waals surface area contributed by atoms with E-state index in [0.29, 0.717) is 0 Å². The molecule has 1 fully saturated rings. The fourth-order valence-electron chi connectivity index (χ4n) is 0.683. The van der Waals surface area contributed by atoms with E-state index >= 15 is 0 Å². The molecule has 0 N–H and O–H groups in total. The lowest BCUT2D eigenvalue weighted by Gasteiger charge is -1.97. The maximum absolute atomic E-state index is 10.6. The highest BCUT2D eigenvalue weighted by Crippen LogP contribution is 2.18. The third-order valence-electron chi connectivity index (χ3n) is 1.33. The molecule has 0 radical (unpaired) electrons. The predicted octanol–water partition coefficient (Wildman–Crippen LogP) is 0.623. The lowest BCUT2D eigenvalue weighted by atomic mass is 10.5. The molecule has 1 amide bonds. The average molecular weight is 127 g/mol. The lowest BCUT2D eigenvalue weighted by molar-refractivity contribution is 0.154. The Hall–Kier alpha value is -0.990. The van der Waals surface area contributed by atoms with E-state index < -0.39 is 0 Å². The molecule has 1 aliphatic rings. The van der Waals surface area contributed by atoms with Crippen molar-refractivity contribution in [2.75, 3.05) is 13.7 Å². The summed E-state index contributed by atoms with van der Waals surface area (Å²) in [6.45, 7) is 4.30. The zero-order chi connectivity index (χ0) is 6.85. The fraction of sp³-hybridized carbons (Fsp3) is 0.500. The Labute approximate surface area is 53.9 Å². The van der Waals surface area contributed by atoms with Crippen LogP contribution in [0.25, 0.3) is 0 Å². The number of hydrogen-bond acceptors (Lipinski definition) is 2. The van der Waals surface area contributed by atoms with Gasteiger partial charge in [0.05, 0.1) is 13.2 Å². The normalized spacial score (nSPS) is 23.2. The number of rotatable bonds is 1. The standard InChI is InChI=1S/C6H9NO2/c1-3-5-4-7(5)6(8)9-2/h3,5H,1,4H2,2H3. The summed E-state index contributed by atoms with van der Waals surface area (Å²) in [4.78, 5) is 12.2. The molecular formula is C6H9NO2. The van der Waals surface area contributed by atoms with Crippen LogP contribution in [0.1, 0.15) is 0 Å². The van der Waals surface area contributed by atoms with Crippen LogP contribution in [0.4, 0.5) is 4.79 Å². The quantitative estimate of drug-likeness (QED) is 0.381. The van der Waals surface area contributed by atoms with Crippen LogP contribution >= 0.6 is 0 Å². The van der Waals surface area contributed by atoms with Crippen LogP contribution in [-0.4, -0.2) is 30.7 Å². The fourth-order valence-corrected chi connectivity index (χ4v) is 0.683. The van der Waals surface area contributed by atoms with Gasteiger partial charge in [-0.05, 0) is 0 Å². The van der Waals surface area contributed by atoms with Crippen molar-refractivity contribution in [2.24, 2.45) is 0 Å². The van der Waals surface area contributed by atoms with Gasteiger partial charge in [0.2, 0.25) is 0 Å². The highest BCUT2D eigenvalue weighted by molar-refractivity contribution is 5.71. The summed E-state index contributed by atoms with van der Waals surface area (Å²) >= 11 is 0. The SMILES string of the molecule is C=CC1CN1C(=O)OC. The Balaban J connectivity index is 2.33. The molecule has 1 unspecified atom stereocenters. The highest BCUT2D eigenvalue weighted by atomic mass is 16.5. The van der Waals surface area contributed by atoms with Crippen LogP contribution in [-0.2, 0) is 4.74 Å². The van der Waals surface area contributed by atoms with Gasteiger partial charge in [0.15, 0.2) is 0 Å². The van der Waals surface area contributed by atoms with Crippen LogP contribution in [0.2, 0.25) is 0 Å². The van der Waals surface area contributed by atoms with Crippen LogP contribution in [0.15, 0.2) is 12.7 Å². The van der Waals surface area contributed by atoms with Gasteiger partial charge in [-0.3, -0.25) is 4.90 Å². The van der Waals surface area contributed by atoms with E-state index in [1.54, 1.807) is 11.0 Å². The van der Waals surface area contributed by atoms with Crippen molar-refractivity contribution < 1.29 is 9.53 Å². The van der Waals surface area contributed by atoms with Crippen LogP contribution in [0.5, 0.6) is 0 Å². The molecule has 0 aromatic heterocycles. The number of carbonyl (C=O) groups excluding carboxylic acids is 1. The van der Waals surface area contributed by atoms with E-state index in [9.17, 15) is 4.79 Å². The average Bonchev–Trinajstić information content (AvgIpc) is 2.64. The molecule has 0 bridgehead atoms. The van der Waals surface area contributed by atoms with E-state index in [0.717, 1.165) is 6.54 Å². The summed E-state index contributed by atoms with van der Waals surface area (Å²) in [6.07, 6.45) is 1.47. The van der Waals surface area contributed by atoms with Crippen molar-refractivity contribution in [3.8, 4) is 0 Å². The summed E-state index contributed by atoms with van der Waals surface area (Å²) < 4.78 is 4.45. The monoisotopic (exact) mass is 127 g/mol. The van der Waals surface area contributed by atoms with Gasteiger partial charge in [-0.25, -0.2) is 4.79 Å². The molecule has 9 heavy (non-hydrogen) atoms. The largest absolute Gasteiger partial charge is 0.453 e. The second-order valence-electron chi connectivity index (χ2n) is 1.93. The van der Waals surface area contributed by atoms with E-state index in [2.05, 4.69) is 11.3 Å². The molecule has 1 aliphatic heterocycles. The minimum atomic E-state index is -0.264. The molecule has 1 heterocycles. The number of ether oxygens (including phenoxy) is 1. The van der Waals surface area contributed by atoms with Gasteiger partial charge in [0.1, 0.15) is 0 Å². The maximum Gasteiger partial charge on any atom is 0.410 e. The van der Waals surface area contributed by atoms with Crippen molar-refractivity contribution in [2.45, 2.75) is 6.04 Å². The van der Waals surface area contributed by atoms with Crippen molar-refractivity contribution >= 4 is 6.09 Å². The van der Waals surface area contributed by atoms with Gasteiger partial charge in [0.25, 0.3) is 0 Å². The zero-order valence-corrected chi connectivity index (χ0v) is 5.33. The molecule has 0 aromatic rings. The molecule has 0 saturated carbocycles. The molecule has 3 nitrogen and oxygen atoms in total. The molecule has 0 aliphatic carbocycles. The number of methoxy groups -OCH3 is 1. The van der Waals surface area contributed by atoms with Crippen molar-refractivity contribution in [1.29, 1.82) is 0 Å². The summed E-state index contributed by atoms with van der Waals surface area (Å²) in [7, 11) is 1.38. The molecule has 1 saturated heterocycles. The van der Waals surface area contributed by atoms with Gasteiger partial charge < -0.3 is 4.74 Å². The summed E-state index contributed by atoms with van der Waals surface area (Å²) in [5.41, 5.74) is 0. The highest BCUT2D eigenvalue weighted by Gasteiger charge is 2.36. The number of carbonyl (C=O) groups is 1. The second-order valence-corrected chi connectivity index (χ2v) is 1.93. The van der Waals surface area contributed by atoms with E-state index in [1.165, 1.54) is 7.11 Å². The minimum Gasteiger partial charge on any atom is -0.453 e. The second kappa shape index (κ2) is 2.09. The van der Waals surface area contributed by atoms with Gasteiger partial charge in [-0.1, -0.05) is 6.08 Å². The van der Waals surface area contributed by atoms with Crippen LogP contribution in [0.3, 0.4) is 0 Å². The summed E-state index contributed by atoms with van der Waals surface area (Å²) in [6, 6.07) is 0.220. The van der Waals surface area contributed by atoms with Gasteiger partial charge in [-0.2, -0.15) is 0 Å². The summed E-state index contributed by atoms with van der Waals surface area (Å²) in [5.74, 6) is 0. The first-order chi connectivity index (χ1) is 4.29. The van der Waals surface area contributed by atoms with Crippen molar-refractivity contribution in [3.63, 3.8) is 0 Å². The van der Waals surface area contributed by atoms with Crippen molar-refractivity contribution in [3.05, 3.63) is 12.7 Å². The van der Waals surface area contributed by atoms with E-state index in [1.807, 2.05) is 0 Å². The van der Waals surface area contributed by atoms with Crippen molar-refractivity contribution in [1.82, 2.24) is 4.90 Å². The molecule has 1 rings (SSSR count). The van der Waals surface area contributed by atoms with E-state index in [4.69, 9.17) is 0 Å². The number of amides is 1. The maximum atomic E-state index is 10.6. The predicted molar refractivity (Wildman–Crippen MR) is 33.1 cm³/mol. The molecule has 50 valence electrons. The Bertz CT molecular complexity index is 144. The van der Waals surface area contributed by atoms with Crippen LogP contribution in [0, 0.1) is 0 Å². The number of hydrogen-bond donors (Lipinski definition) is 0. The molecular weight excluding hydrogens is 118 g/mol. The number of nitrogens with zero attached hydrogens (tertiary/aromatic N) is 1. The van der Waals surface area contributed by atoms with Crippen LogP contribution < -0.4 is 0 Å². The molecule has 1 atom stereocenters. The molecule has 0 spiro atoms. The first-order valence-electron chi connectivity index (χ1n) is 2.76. The molecule has 3 heteroatoms. The van der Waals surface area contributed by atoms with Gasteiger partial charge >= 0.3 is 6.09 Å². The first-order valence-corrected chi connectivity index (χ1v) is 2.76. The van der Waals surface area contributed by atoms with Gasteiger partial charge in [-0.15, -0.1) is 6.58 Å². The first kappa shape index (κ1) is 6.13. The Kier molecular flexibility index (Phi) is 1.42. The van der Waals surface area contributed by atoms with Gasteiger partial charge in [0, 0.05) is 6.54 Å². The smallest absolute Gasteiger partial charge is 0.410 e. The summed E-state index contributed by atoms with van der Waals surface area (Å²) in [5, 5.41) is 0. The zero-order valence-electron chi connectivity index (χ0n) is 5.33. The third-order valence-corrected chi connectivity index (χ3v) is 1.33.